The van der Waals surface area contributed by atoms with Gasteiger partial charge in [0.25, 0.3) is 0 Å². The van der Waals surface area contributed by atoms with Gasteiger partial charge in [0.2, 0.25) is 21.8 Å². The minimum Gasteiger partial charge on any atom is -0.351 e. The predicted molar refractivity (Wildman–Crippen MR) is 166 cm³/mol. The minimum absolute atomic E-state index is 0.0304. The first-order chi connectivity index (χ1) is 20.8. The van der Waals surface area contributed by atoms with Gasteiger partial charge in [0.15, 0.2) is 0 Å². The van der Waals surface area contributed by atoms with E-state index < -0.39 is 22.0 Å². The largest absolute Gasteiger partial charge is 0.351 e. The second-order valence-corrected chi connectivity index (χ2v) is 12.8. The van der Waals surface area contributed by atoms with Crippen LogP contribution in [0.25, 0.3) is 11.0 Å². The number of hydrogen-bond acceptors (Lipinski definition) is 6. The molecule has 1 aliphatic rings. The van der Waals surface area contributed by atoms with E-state index in [1.165, 1.54) is 21.7 Å². The Bertz CT molecular complexity index is 1650. The number of nitrogens with one attached hydrogen (secondary N) is 2. The first kappa shape index (κ1) is 30.4. The molecule has 0 aliphatic heterocycles. The van der Waals surface area contributed by atoms with Gasteiger partial charge in [0.1, 0.15) is 18.1 Å². The van der Waals surface area contributed by atoms with Crippen LogP contribution in [-0.4, -0.2) is 47.3 Å². The Hall–Kier alpha value is -4.09. The molecule has 0 saturated heterocycles. The lowest BCUT2D eigenvalue weighted by Crippen LogP contribution is -2.48. The molecule has 5 rings (SSSR count). The van der Waals surface area contributed by atoms with E-state index in [-0.39, 0.29) is 29.4 Å². The quantitative estimate of drug-likeness (QED) is 0.256. The molecule has 0 spiro atoms. The third kappa shape index (κ3) is 7.11. The second-order valence-electron chi connectivity index (χ2n) is 11.1. The molecule has 1 fully saturated rings. The van der Waals surface area contributed by atoms with Crippen LogP contribution in [-0.2, 0) is 26.2 Å². The lowest BCUT2D eigenvalue weighted by atomic mass is 9.94. The van der Waals surface area contributed by atoms with Gasteiger partial charge in [-0.25, -0.2) is 17.8 Å². The Morgan fingerprint density at radius 3 is 2.33 bits per heavy atom. The zero-order chi connectivity index (χ0) is 30.4. The molecule has 1 aliphatic carbocycles. The van der Waals surface area contributed by atoms with E-state index in [9.17, 15) is 18.0 Å². The standard InChI is InChI=1S/C32H38N6O4S/c1-3-23(2)35-43(41,42)27-20-18-26(19-21-27)38(30(39)22-37-29-17-11-10-16-28(29)34-36-37)31(24-12-6-4-7-13-24)32(40)33-25-14-8-5-9-15-25/h4,6-7,10-13,16-21,23,25,31,35H,3,5,8-9,14-15,22H2,1-2H3,(H,33,40). The topological polar surface area (TPSA) is 126 Å². The van der Waals surface area contributed by atoms with Gasteiger partial charge in [0.05, 0.1) is 10.4 Å². The smallest absolute Gasteiger partial charge is 0.249 e. The van der Waals surface area contributed by atoms with Crippen molar-refractivity contribution < 1.29 is 18.0 Å². The number of hydrogen-bond donors (Lipinski definition) is 2. The summed E-state index contributed by atoms with van der Waals surface area (Å²) in [5, 5.41) is 11.6. The van der Waals surface area contributed by atoms with Crippen LogP contribution in [0.2, 0.25) is 0 Å². The van der Waals surface area contributed by atoms with Crippen LogP contribution in [0.3, 0.4) is 0 Å². The van der Waals surface area contributed by atoms with Gasteiger partial charge in [-0.1, -0.05) is 73.9 Å². The zero-order valence-electron chi connectivity index (χ0n) is 24.5. The van der Waals surface area contributed by atoms with Gasteiger partial charge in [-0.2, -0.15) is 0 Å². The molecule has 2 atom stereocenters. The van der Waals surface area contributed by atoms with E-state index >= 15 is 0 Å². The molecule has 2 N–H and O–H groups in total. The average Bonchev–Trinajstić information content (AvgIpc) is 3.43. The minimum atomic E-state index is -3.76. The number of anilines is 1. The maximum absolute atomic E-state index is 14.3. The summed E-state index contributed by atoms with van der Waals surface area (Å²) < 4.78 is 30.1. The van der Waals surface area contributed by atoms with E-state index in [2.05, 4.69) is 20.4 Å². The molecule has 226 valence electrons. The molecule has 1 aromatic heterocycles. The van der Waals surface area contributed by atoms with Crippen molar-refractivity contribution in [3.8, 4) is 0 Å². The second kappa shape index (κ2) is 13.5. The lowest BCUT2D eigenvalue weighted by Gasteiger charge is -2.33. The SMILES string of the molecule is CCC(C)NS(=O)(=O)c1ccc(N(C(=O)Cn2nnc3ccccc32)C(C(=O)NC2CCCCC2)c2ccccc2)cc1. The summed E-state index contributed by atoms with van der Waals surface area (Å²) in [4.78, 5) is 29.9. The van der Waals surface area contributed by atoms with E-state index in [4.69, 9.17) is 0 Å². The number of nitrogens with zero attached hydrogens (tertiary/aromatic N) is 4. The molecular weight excluding hydrogens is 564 g/mol. The van der Waals surface area contributed by atoms with Gasteiger partial charge >= 0.3 is 0 Å². The van der Waals surface area contributed by atoms with Gasteiger partial charge in [-0.05, 0) is 68.1 Å². The Morgan fingerprint density at radius 1 is 0.953 bits per heavy atom. The van der Waals surface area contributed by atoms with Crippen LogP contribution in [0.4, 0.5) is 5.69 Å². The van der Waals surface area contributed by atoms with Crippen molar-refractivity contribution in [3.05, 3.63) is 84.4 Å². The summed E-state index contributed by atoms with van der Waals surface area (Å²) in [7, 11) is -3.76. The summed E-state index contributed by atoms with van der Waals surface area (Å²) >= 11 is 0. The van der Waals surface area contributed by atoms with Gasteiger partial charge in [-0.3, -0.25) is 14.5 Å². The Balaban J connectivity index is 1.55. The highest BCUT2D eigenvalue weighted by molar-refractivity contribution is 7.89. The van der Waals surface area contributed by atoms with E-state index in [0.717, 1.165) is 32.1 Å². The molecule has 2 amide bonds. The fourth-order valence-electron chi connectivity index (χ4n) is 5.46. The maximum atomic E-state index is 14.3. The number of sulfonamides is 1. The van der Waals surface area contributed by atoms with E-state index in [1.54, 1.807) is 19.1 Å². The monoisotopic (exact) mass is 602 g/mol. The lowest BCUT2D eigenvalue weighted by molar-refractivity contribution is -0.127. The van der Waals surface area contributed by atoms with Crippen LogP contribution in [0.1, 0.15) is 64.0 Å². The number of benzene rings is 3. The predicted octanol–water partition coefficient (Wildman–Crippen LogP) is 4.73. The van der Waals surface area contributed by atoms with Gasteiger partial charge in [0, 0.05) is 17.8 Å². The van der Waals surface area contributed by atoms with Crippen molar-refractivity contribution in [3.63, 3.8) is 0 Å². The third-order valence-electron chi connectivity index (χ3n) is 7.94. The fourth-order valence-corrected chi connectivity index (χ4v) is 6.78. The summed E-state index contributed by atoms with van der Waals surface area (Å²) in [6.45, 7) is 3.53. The van der Waals surface area contributed by atoms with Crippen LogP contribution in [0.5, 0.6) is 0 Å². The van der Waals surface area contributed by atoms with E-state index in [1.807, 2.05) is 61.5 Å². The number of fused-ring (bicyclic) bond motifs is 1. The fraction of sp³-hybridized carbons (Fsp3) is 0.375. The van der Waals surface area contributed by atoms with E-state index in [0.29, 0.717) is 28.7 Å². The average molecular weight is 603 g/mol. The molecule has 0 radical (unpaired) electrons. The molecule has 1 saturated carbocycles. The van der Waals surface area contributed by atoms with Crippen LogP contribution in [0.15, 0.2) is 83.8 Å². The van der Waals surface area contributed by atoms with Crippen LogP contribution >= 0.6 is 0 Å². The van der Waals surface area contributed by atoms with Gasteiger partial charge < -0.3 is 5.32 Å². The number of carbonyl (C=O) groups excluding carboxylic acids is 2. The number of amides is 2. The number of carbonyl (C=O) groups is 2. The molecule has 2 unspecified atom stereocenters. The highest BCUT2D eigenvalue weighted by atomic mass is 32.2. The summed E-state index contributed by atoms with van der Waals surface area (Å²) in [6.07, 6.45) is 5.66. The first-order valence-corrected chi connectivity index (χ1v) is 16.3. The van der Waals surface area contributed by atoms with Crippen molar-refractivity contribution in [2.45, 2.75) is 81.9 Å². The van der Waals surface area contributed by atoms with Crippen molar-refractivity contribution in [2.24, 2.45) is 0 Å². The summed E-state index contributed by atoms with van der Waals surface area (Å²) in [6, 6.07) is 21.4. The molecule has 0 bridgehead atoms. The van der Waals surface area contributed by atoms with Crippen LogP contribution < -0.4 is 14.9 Å². The molecule has 10 nitrogen and oxygen atoms in total. The molecule has 43 heavy (non-hydrogen) atoms. The van der Waals surface area contributed by atoms with Crippen molar-refractivity contribution in [2.75, 3.05) is 4.90 Å². The van der Waals surface area contributed by atoms with Crippen LogP contribution in [0, 0.1) is 0 Å². The zero-order valence-corrected chi connectivity index (χ0v) is 25.3. The maximum Gasteiger partial charge on any atom is 0.249 e. The molecule has 11 heteroatoms. The Labute approximate surface area is 252 Å². The molecule has 4 aromatic rings. The number of rotatable bonds is 11. The van der Waals surface area contributed by atoms with Crippen molar-refractivity contribution >= 4 is 38.6 Å². The highest BCUT2D eigenvalue weighted by Gasteiger charge is 2.34. The number of aromatic nitrogens is 3. The normalized spacial score (nSPS) is 15.6. The third-order valence-corrected chi connectivity index (χ3v) is 9.55. The number of para-hydroxylation sites is 1. The molecular formula is C32H38N6O4S. The highest BCUT2D eigenvalue weighted by Crippen LogP contribution is 2.31. The Kier molecular flexibility index (Phi) is 9.52. The summed E-state index contributed by atoms with van der Waals surface area (Å²) in [5.74, 6) is -0.679. The molecule has 3 aromatic carbocycles. The van der Waals surface area contributed by atoms with Gasteiger partial charge in [-0.15, -0.1) is 5.10 Å². The molecule has 1 heterocycles. The van der Waals surface area contributed by atoms with Crippen molar-refractivity contribution in [1.82, 2.24) is 25.0 Å². The first-order valence-electron chi connectivity index (χ1n) is 14.8. The van der Waals surface area contributed by atoms with Crippen molar-refractivity contribution in [1.29, 1.82) is 0 Å². The summed E-state index contributed by atoms with van der Waals surface area (Å²) in [5.41, 5.74) is 2.38. The Morgan fingerprint density at radius 2 is 1.63 bits per heavy atom.